The fraction of sp³-hybridized carbons (Fsp3) is 0.466. The zero-order valence-electron chi connectivity index (χ0n) is 49.7. The van der Waals surface area contributed by atoms with E-state index in [2.05, 4.69) is 70.7 Å². The molecule has 2 aliphatic heterocycles. The lowest BCUT2D eigenvalue weighted by Crippen LogP contribution is -2.50. The number of hydrogen-bond donors (Lipinski definition) is 1. The van der Waals surface area contributed by atoms with Crippen LogP contribution >= 0.6 is 15.0 Å². The Morgan fingerprint density at radius 2 is 1.13 bits per heavy atom. The summed E-state index contributed by atoms with van der Waals surface area (Å²) in [6, 6.07) is 29.9. The lowest BCUT2D eigenvalue weighted by atomic mass is 9.80. The van der Waals surface area contributed by atoms with Crippen LogP contribution in [-0.4, -0.2) is 120 Å². The van der Waals surface area contributed by atoms with Crippen LogP contribution in [0.25, 0.3) is 11.6 Å². The zero-order valence-corrected chi connectivity index (χ0v) is 54.4. The number of ether oxygens (including phenoxy) is 5. The molecule has 2 aliphatic rings. The van der Waals surface area contributed by atoms with E-state index in [1.807, 2.05) is 92.0 Å². The third kappa shape index (κ3) is 13.4. The highest BCUT2D eigenvalue weighted by Crippen LogP contribution is 2.57. The van der Waals surface area contributed by atoms with Crippen LogP contribution in [0.3, 0.4) is 0 Å². The van der Waals surface area contributed by atoms with E-state index in [9.17, 15) is 24.3 Å². The van der Waals surface area contributed by atoms with Gasteiger partial charge in [-0.3, -0.25) is 41.1 Å². The van der Waals surface area contributed by atoms with Gasteiger partial charge in [0.2, 0.25) is 11.6 Å². The summed E-state index contributed by atoms with van der Waals surface area (Å²) in [6.07, 6.45) is -0.0210. The first-order chi connectivity index (χ1) is 40.2. The number of benzene rings is 3. The zero-order chi connectivity index (χ0) is 61.3. The van der Waals surface area contributed by atoms with Crippen molar-refractivity contribution in [3.63, 3.8) is 0 Å². The van der Waals surface area contributed by atoms with E-state index in [1.54, 1.807) is 35.7 Å². The van der Waals surface area contributed by atoms with Gasteiger partial charge in [0, 0.05) is 49.3 Å². The SMILES string of the molecule is COc1ccc(C(OC[C@H]2O[C@@H](n3ccc(=O)n4ccnc34)[C@H](O[Si](C)(C)C(C)(C)C)[C@@H]2OP(=S)(OCCC#N)OC[C@H]2O[C@@H](n3ccc(=O)n4ccnc34)[C@H](O[PH](=O)O)[C@@H]2O[Si](C)(C)C(C)(C)C)(c2ccccc2)c2ccc(OC)cc2)cc1. The summed E-state index contributed by atoms with van der Waals surface area (Å²) in [7, 11) is -6.16. The highest BCUT2D eigenvalue weighted by molar-refractivity contribution is 8.07. The Kier molecular flexibility index (Phi) is 19.3. The Morgan fingerprint density at radius 3 is 1.60 bits per heavy atom. The summed E-state index contributed by atoms with van der Waals surface area (Å²) in [6.45, 7) is 15.7. The van der Waals surface area contributed by atoms with Gasteiger partial charge in [-0.05, 0) is 89.0 Å². The van der Waals surface area contributed by atoms with Crippen LogP contribution in [0, 0.1) is 11.3 Å². The molecule has 9 rings (SSSR count). The summed E-state index contributed by atoms with van der Waals surface area (Å²) in [4.78, 5) is 46.0. The smallest absolute Gasteiger partial charge is 0.327 e. The average molecular weight is 1260 g/mol. The van der Waals surface area contributed by atoms with E-state index in [1.165, 1.54) is 45.7 Å². The van der Waals surface area contributed by atoms with Crippen molar-refractivity contribution in [1.82, 2.24) is 27.9 Å². The quantitative estimate of drug-likeness (QED) is 0.0256. The number of methoxy groups -OCH3 is 2. The molecule has 7 aromatic rings. The maximum absolute atomic E-state index is 13.4. The maximum atomic E-state index is 13.4. The molecule has 2 fully saturated rings. The molecule has 27 heteroatoms. The molecule has 2 saturated heterocycles. The first-order valence-corrected chi connectivity index (χ1v) is 37.5. The third-order valence-electron chi connectivity index (χ3n) is 16.5. The molecule has 1 N–H and O–H groups in total. The molecule has 2 unspecified atom stereocenters. The first-order valence-electron chi connectivity index (χ1n) is 27.8. The molecule has 3 aromatic carbocycles. The minimum absolute atomic E-state index is 0.101. The number of nitriles is 1. The highest BCUT2D eigenvalue weighted by Gasteiger charge is 2.57. The standard InChI is InChI=1S/C58H75N7O15P2SSi2/c1-56(2,3)84(9,10)79-49-45(76-52(50(49)77-81(68)69)64-32-27-46(66)62-34-30-60-54(62)64)38-74-82(83,73-36-16-29-59)78-48-44(75-53(51(48)80-85(11,12)57(4,5)6)65-33-28-47(67)63-35-31-61-55(63)65)37-72-58(39-17-14-13-15-18-39,40-19-23-42(70-7)24-20-40)41-21-25-43(71-8)26-22-41/h13-15,17-28,30-35,44-45,48-53,81H,16,36-38H2,1-12H3,(H,68,69)/t44-,45-,48-,49-,50-,51-,52-,53-,82?/m1/s1. The molecule has 456 valence electrons. The van der Waals surface area contributed by atoms with Crippen molar-refractivity contribution in [3.05, 3.63) is 166 Å². The largest absolute Gasteiger partial charge is 0.497 e. The molecule has 0 aliphatic carbocycles. The molecule has 0 radical (unpaired) electrons. The molecular formula is C58H75N7O15P2SSi2. The lowest BCUT2D eigenvalue weighted by Gasteiger charge is -2.41. The van der Waals surface area contributed by atoms with E-state index in [0.29, 0.717) is 11.5 Å². The van der Waals surface area contributed by atoms with Gasteiger partial charge in [-0.15, -0.1) is 0 Å². The predicted octanol–water partition coefficient (Wildman–Crippen LogP) is 9.93. The fourth-order valence-electron chi connectivity index (χ4n) is 10.00. The summed E-state index contributed by atoms with van der Waals surface area (Å²) in [5, 5.41) is 9.19. The molecule has 10 atom stereocenters. The van der Waals surface area contributed by atoms with Crippen LogP contribution in [0.5, 0.6) is 11.5 Å². The van der Waals surface area contributed by atoms with Crippen molar-refractivity contribution in [3.8, 4) is 17.6 Å². The first kappa shape index (κ1) is 64.0. The van der Waals surface area contributed by atoms with Crippen molar-refractivity contribution in [1.29, 1.82) is 5.26 Å². The van der Waals surface area contributed by atoms with Crippen molar-refractivity contribution in [2.45, 2.75) is 139 Å². The minimum Gasteiger partial charge on any atom is -0.497 e. The number of imidazole rings is 2. The van der Waals surface area contributed by atoms with Crippen LogP contribution in [0.15, 0.2) is 138 Å². The molecule has 0 spiro atoms. The molecule has 85 heavy (non-hydrogen) atoms. The van der Waals surface area contributed by atoms with Gasteiger partial charge >= 0.3 is 15.0 Å². The van der Waals surface area contributed by atoms with E-state index >= 15 is 0 Å². The molecular weight excluding hydrogens is 1180 g/mol. The molecule has 22 nitrogen and oxygen atoms in total. The number of nitrogens with zero attached hydrogens (tertiary/aromatic N) is 7. The Morgan fingerprint density at radius 1 is 0.659 bits per heavy atom. The van der Waals surface area contributed by atoms with E-state index < -0.39 is 92.9 Å². The Bertz CT molecular complexity index is 3630. The van der Waals surface area contributed by atoms with Crippen LogP contribution in [0.1, 0.15) is 77.1 Å². The van der Waals surface area contributed by atoms with Gasteiger partial charge in [-0.2, -0.15) is 5.26 Å². The molecule has 6 heterocycles. The summed E-state index contributed by atoms with van der Waals surface area (Å²) < 4.78 is 93.1. The van der Waals surface area contributed by atoms with Crippen molar-refractivity contribution >= 4 is 55.0 Å². The number of rotatable bonds is 24. The van der Waals surface area contributed by atoms with Crippen LogP contribution < -0.4 is 20.6 Å². The Balaban J connectivity index is 1.19. The molecule has 4 aromatic heterocycles. The topological polar surface area (TPSA) is 241 Å². The minimum atomic E-state index is -4.20. The fourth-order valence-corrected chi connectivity index (χ4v) is 15.2. The molecule has 0 amide bonds. The van der Waals surface area contributed by atoms with Gasteiger partial charge in [-0.25, -0.2) is 9.97 Å². The normalized spacial score (nSPS) is 22.6. The van der Waals surface area contributed by atoms with E-state index in [0.717, 1.165) is 16.7 Å². The van der Waals surface area contributed by atoms with Gasteiger partial charge in [0.1, 0.15) is 53.7 Å². The van der Waals surface area contributed by atoms with Gasteiger partial charge in [0.15, 0.2) is 29.1 Å². The summed E-state index contributed by atoms with van der Waals surface area (Å²) >= 11 is 6.52. The molecule has 0 saturated carbocycles. The second-order valence-electron chi connectivity index (χ2n) is 23.9. The van der Waals surface area contributed by atoms with Crippen LogP contribution in [0.2, 0.25) is 36.3 Å². The van der Waals surface area contributed by atoms with Crippen LogP contribution in [-0.2, 0) is 63.1 Å². The number of fused-ring (bicyclic) bond motifs is 2. The average Bonchev–Trinajstić information content (AvgIpc) is 2.12. The van der Waals surface area contributed by atoms with Gasteiger partial charge in [0.05, 0.1) is 46.5 Å². The summed E-state index contributed by atoms with van der Waals surface area (Å²) in [5.74, 6) is 1.69. The van der Waals surface area contributed by atoms with Crippen molar-refractivity contribution in [2.24, 2.45) is 0 Å². The molecule has 0 bridgehead atoms. The Labute approximate surface area is 501 Å². The van der Waals surface area contributed by atoms with Gasteiger partial charge in [0.25, 0.3) is 11.1 Å². The van der Waals surface area contributed by atoms with Gasteiger partial charge in [-0.1, -0.05) is 96.1 Å². The van der Waals surface area contributed by atoms with E-state index in [4.69, 9.17) is 62.4 Å². The van der Waals surface area contributed by atoms with Crippen molar-refractivity contribution in [2.75, 3.05) is 34.0 Å². The van der Waals surface area contributed by atoms with Crippen LogP contribution in [0.4, 0.5) is 0 Å². The number of hydrogen-bond acceptors (Lipinski definition) is 18. The highest BCUT2D eigenvalue weighted by atomic mass is 32.5. The van der Waals surface area contributed by atoms with Crippen molar-refractivity contribution < 1.29 is 60.1 Å². The third-order valence-corrected chi connectivity index (χ3v) is 28.3. The Hall–Kier alpha value is -5.50. The van der Waals surface area contributed by atoms with Gasteiger partial charge < -0.3 is 46.5 Å². The second-order valence-corrected chi connectivity index (χ2v) is 37.1. The monoisotopic (exact) mass is 1260 g/mol. The summed E-state index contributed by atoms with van der Waals surface area (Å²) in [5.41, 5.74) is 0.222. The maximum Gasteiger partial charge on any atom is 0.327 e. The number of aromatic nitrogens is 6. The second kappa shape index (κ2) is 25.7. The van der Waals surface area contributed by atoms with E-state index in [-0.39, 0.29) is 52.4 Å². The predicted molar refractivity (Wildman–Crippen MR) is 327 cm³/mol. The lowest BCUT2D eigenvalue weighted by molar-refractivity contribution is -0.0940.